The molecular formula is C17H18Cl2F3N3O2. The Bertz CT molecular complexity index is 835. The van der Waals surface area contributed by atoms with Gasteiger partial charge in [-0.2, -0.15) is 17.9 Å². The van der Waals surface area contributed by atoms with Crippen molar-refractivity contribution in [2.75, 3.05) is 6.54 Å². The van der Waals surface area contributed by atoms with Crippen LogP contribution in [0, 0.1) is 0 Å². The van der Waals surface area contributed by atoms with Crippen LogP contribution in [-0.4, -0.2) is 22.4 Å². The molecule has 10 heteroatoms. The Morgan fingerprint density at radius 2 is 1.74 bits per heavy atom. The fourth-order valence-electron chi connectivity index (χ4n) is 2.25. The van der Waals surface area contributed by atoms with Crippen LogP contribution < -0.4 is 10.1 Å². The molecule has 0 bridgehead atoms. The average Bonchev–Trinajstić information content (AvgIpc) is 2.94. The van der Waals surface area contributed by atoms with Gasteiger partial charge in [-0.05, 0) is 19.1 Å². The summed E-state index contributed by atoms with van der Waals surface area (Å²) in [4.78, 5) is 12.2. The number of carbonyl (C=O) groups is 1. The molecule has 1 heterocycles. The van der Waals surface area contributed by atoms with Gasteiger partial charge in [-0.25, -0.2) is 4.79 Å². The van der Waals surface area contributed by atoms with E-state index in [9.17, 15) is 18.0 Å². The molecule has 2 aromatic rings. The third-order valence-corrected chi connectivity index (χ3v) is 4.07. The maximum absolute atomic E-state index is 12.8. The van der Waals surface area contributed by atoms with Gasteiger partial charge in [0.15, 0.2) is 5.75 Å². The second-order valence-electron chi connectivity index (χ2n) is 6.73. The molecule has 1 aromatic carbocycles. The van der Waals surface area contributed by atoms with E-state index in [4.69, 9.17) is 27.9 Å². The molecule has 0 aliphatic heterocycles. The number of nitrogens with one attached hydrogen (secondary N) is 1. The summed E-state index contributed by atoms with van der Waals surface area (Å²) in [5.74, 6) is -0.193. The van der Waals surface area contributed by atoms with Crippen molar-refractivity contribution in [3.63, 3.8) is 0 Å². The Morgan fingerprint density at radius 1 is 1.19 bits per heavy atom. The maximum Gasteiger partial charge on any atom is 0.416 e. The van der Waals surface area contributed by atoms with E-state index in [-0.39, 0.29) is 21.7 Å². The van der Waals surface area contributed by atoms with E-state index in [1.54, 1.807) is 6.92 Å². The summed E-state index contributed by atoms with van der Waals surface area (Å²) in [6.07, 6.45) is -4.59. The summed E-state index contributed by atoms with van der Waals surface area (Å²) in [6, 6.07) is 2.49. The molecule has 0 saturated heterocycles. The molecule has 2 rings (SSSR count). The molecule has 5 nitrogen and oxygen atoms in total. The predicted octanol–water partition coefficient (Wildman–Crippen LogP) is 5.88. The minimum absolute atomic E-state index is 0.0188. The quantitative estimate of drug-likeness (QED) is 0.670. The van der Waals surface area contributed by atoms with Gasteiger partial charge in [0.1, 0.15) is 0 Å². The maximum atomic E-state index is 12.8. The van der Waals surface area contributed by atoms with Crippen LogP contribution in [0.5, 0.6) is 11.6 Å². The van der Waals surface area contributed by atoms with E-state index in [1.807, 2.05) is 20.8 Å². The van der Waals surface area contributed by atoms with Crippen LogP contribution >= 0.6 is 23.2 Å². The molecule has 0 fully saturated rings. The number of carbonyl (C=O) groups excluding carboxylic acids is 1. The van der Waals surface area contributed by atoms with Gasteiger partial charge in [-0.3, -0.25) is 0 Å². The number of hydrogen-bond acceptors (Lipinski definition) is 3. The summed E-state index contributed by atoms with van der Waals surface area (Å²) in [7, 11) is 0. The van der Waals surface area contributed by atoms with Gasteiger partial charge in [-0.15, -0.1) is 5.10 Å². The Balaban J connectivity index is 2.45. The number of halogens is 5. The second kappa shape index (κ2) is 7.59. The molecule has 148 valence electrons. The van der Waals surface area contributed by atoms with Crippen molar-refractivity contribution in [3.8, 4) is 11.6 Å². The fraction of sp³-hybridized carbons (Fsp3) is 0.412. The molecule has 0 atom stereocenters. The lowest BCUT2D eigenvalue weighted by atomic mass is 9.92. The van der Waals surface area contributed by atoms with Crippen LogP contribution in [0.3, 0.4) is 0 Å². The van der Waals surface area contributed by atoms with E-state index in [1.165, 1.54) is 6.07 Å². The first kappa shape index (κ1) is 21.4. The summed E-state index contributed by atoms with van der Waals surface area (Å²) >= 11 is 11.8. The van der Waals surface area contributed by atoms with E-state index in [0.29, 0.717) is 24.4 Å². The molecule has 0 aliphatic rings. The number of hydrogen-bond donors (Lipinski definition) is 1. The highest BCUT2D eigenvalue weighted by Gasteiger charge is 2.32. The van der Waals surface area contributed by atoms with Gasteiger partial charge >= 0.3 is 12.2 Å². The number of ether oxygens (including phenoxy) is 1. The highest BCUT2D eigenvalue weighted by Crippen LogP contribution is 2.41. The van der Waals surface area contributed by atoms with Crippen LogP contribution in [0.2, 0.25) is 10.0 Å². The van der Waals surface area contributed by atoms with Crippen molar-refractivity contribution < 1.29 is 22.7 Å². The van der Waals surface area contributed by atoms with Crippen molar-refractivity contribution in [1.29, 1.82) is 0 Å². The van der Waals surface area contributed by atoms with Gasteiger partial charge < -0.3 is 10.1 Å². The van der Waals surface area contributed by atoms with Crippen LogP contribution in [0.25, 0.3) is 0 Å². The standard InChI is InChI=1S/C17H18Cl2F3N3O2/c1-5-23-15(26)25-12(16(2,3)4)8-13(24-25)27-14-10(18)6-9(7-11(14)19)17(20,21)22/h6-8H,5H2,1-4H3,(H,23,26). The fourth-order valence-corrected chi connectivity index (χ4v) is 2.81. The smallest absolute Gasteiger partial charge is 0.416 e. The Morgan fingerprint density at radius 3 is 2.19 bits per heavy atom. The zero-order chi connectivity index (χ0) is 20.6. The van der Waals surface area contributed by atoms with E-state index in [2.05, 4.69) is 10.4 Å². The lowest BCUT2D eigenvalue weighted by Crippen LogP contribution is -2.33. The van der Waals surface area contributed by atoms with Gasteiger partial charge in [-0.1, -0.05) is 44.0 Å². The summed E-state index contributed by atoms with van der Waals surface area (Å²) in [6.45, 7) is 7.79. The highest BCUT2D eigenvalue weighted by molar-refractivity contribution is 6.37. The van der Waals surface area contributed by atoms with Crippen molar-refractivity contribution in [1.82, 2.24) is 15.1 Å². The number of amides is 1. The molecule has 0 unspecified atom stereocenters. The summed E-state index contributed by atoms with van der Waals surface area (Å²) in [5, 5.41) is 6.07. The number of rotatable bonds is 3. The van der Waals surface area contributed by atoms with Crippen LogP contribution in [0.1, 0.15) is 39.0 Å². The monoisotopic (exact) mass is 423 g/mol. The highest BCUT2D eigenvalue weighted by atomic mass is 35.5. The summed E-state index contributed by atoms with van der Waals surface area (Å²) in [5.41, 5.74) is -0.899. The normalized spacial score (nSPS) is 12.2. The minimum atomic E-state index is -4.59. The van der Waals surface area contributed by atoms with Gasteiger partial charge in [0.25, 0.3) is 0 Å². The van der Waals surface area contributed by atoms with E-state index >= 15 is 0 Å². The van der Waals surface area contributed by atoms with Crippen molar-refractivity contribution in [2.24, 2.45) is 0 Å². The lowest BCUT2D eigenvalue weighted by molar-refractivity contribution is -0.137. The molecular weight excluding hydrogens is 406 g/mol. The average molecular weight is 424 g/mol. The first-order chi connectivity index (χ1) is 12.3. The Hall–Kier alpha value is -1.93. The molecule has 0 aliphatic carbocycles. The van der Waals surface area contributed by atoms with Crippen LogP contribution in [0.4, 0.5) is 18.0 Å². The first-order valence-electron chi connectivity index (χ1n) is 7.97. The number of nitrogens with zero attached hydrogens (tertiary/aromatic N) is 2. The zero-order valence-electron chi connectivity index (χ0n) is 15.0. The number of benzene rings is 1. The SMILES string of the molecule is CCNC(=O)n1nc(Oc2c(Cl)cc(C(F)(F)F)cc2Cl)cc1C(C)(C)C. The minimum Gasteiger partial charge on any atom is -0.434 e. The molecule has 0 spiro atoms. The Kier molecular flexibility index (Phi) is 6.01. The molecule has 1 aromatic heterocycles. The second-order valence-corrected chi connectivity index (χ2v) is 7.55. The molecule has 0 saturated carbocycles. The third-order valence-electron chi connectivity index (χ3n) is 3.51. The molecule has 1 amide bonds. The van der Waals surface area contributed by atoms with Gasteiger partial charge in [0.2, 0.25) is 5.88 Å². The number of alkyl halides is 3. The zero-order valence-corrected chi connectivity index (χ0v) is 16.6. The van der Waals surface area contributed by atoms with Crippen molar-refractivity contribution in [2.45, 2.75) is 39.3 Å². The third kappa shape index (κ3) is 4.87. The van der Waals surface area contributed by atoms with Crippen molar-refractivity contribution >= 4 is 29.2 Å². The Labute approximate surface area is 164 Å². The van der Waals surface area contributed by atoms with E-state index in [0.717, 1.165) is 4.68 Å². The van der Waals surface area contributed by atoms with Gasteiger partial charge in [0.05, 0.1) is 21.3 Å². The van der Waals surface area contributed by atoms with Crippen LogP contribution in [0.15, 0.2) is 18.2 Å². The van der Waals surface area contributed by atoms with Gasteiger partial charge in [0, 0.05) is 18.0 Å². The predicted molar refractivity (Wildman–Crippen MR) is 96.9 cm³/mol. The number of aromatic nitrogens is 2. The van der Waals surface area contributed by atoms with Crippen molar-refractivity contribution in [3.05, 3.63) is 39.5 Å². The molecule has 0 radical (unpaired) electrons. The first-order valence-corrected chi connectivity index (χ1v) is 8.73. The lowest BCUT2D eigenvalue weighted by Gasteiger charge is -2.18. The summed E-state index contributed by atoms with van der Waals surface area (Å²) < 4.78 is 45.2. The molecule has 1 N–H and O–H groups in total. The van der Waals surface area contributed by atoms with E-state index < -0.39 is 23.2 Å². The molecule has 27 heavy (non-hydrogen) atoms. The topological polar surface area (TPSA) is 56.2 Å². The van der Waals surface area contributed by atoms with Crippen LogP contribution in [-0.2, 0) is 11.6 Å². The largest absolute Gasteiger partial charge is 0.434 e.